The number of rotatable bonds is 4. The van der Waals surface area contributed by atoms with Gasteiger partial charge in [0.25, 0.3) is 5.56 Å². The standard InChI is InChI=1S/C20H23N5O3/c1-14-18-15(2)28-22-19(18)20(27)25(21-14)9-8-17(26)24-12-10-23(11-13-24)16-6-4-3-5-7-16/h3-7H,8-13H2,1-2H3. The Labute approximate surface area is 162 Å². The minimum Gasteiger partial charge on any atom is -0.368 e. The Bertz CT molecular complexity index is 1050. The average Bonchev–Trinajstić information content (AvgIpc) is 3.12. The van der Waals surface area contributed by atoms with E-state index in [0.29, 0.717) is 29.9 Å². The van der Waals surface area contributed by atoms with Crippen molar-refractivity contribution in [1.29, 1.82) is 0 Å². The monoisotopic (exact) mass is 381 g/mol. The van der Waals surface area contributed by atoms with Crippen LogP contribution >= 0.6 is 0 Å². The number of benzene rings is 1. The van der Waals surface area contributed by atoms with Gasteiger partial charge in [-0.15, -0.1) is 0 Å². The molecule has 2 aromatic heterocycles. The van der Waals surface area contributed by atoms with Crippen molar-refractivity contribution in [3.63, 3.8) is 0 Å². The van der Waals surface area contributed by atoms with Crippen LogP contribution in [0.2, 0.25) is 0 Å². The van der Waals surface area contributed by atoms with Crippen molar-refractivity contribution < 1.29 is 9.32 Å². The second kappa shape index (κ2) is 7.46. The molecule has 0 aliphatic carbocycles. The van der Waals surface area contributed by atoms with Crippen LogP contribution in [0.25, 0.3) is 10.9 Å². The van der Waals surface area contributed by atoms with Crippen LogP contribution in [0.3, 0.4) is 0 Å². The Morgan fingerprint density at radius 1 is 1.11 bits per heavy atom. The van der Waals surface area contributed by atoms with Gasteiger partial charge >= 0.3 is 0 Å². The zero-order valence-corrected chi connectivity index (χ0v) is 16.1. The minimum absolute atomic E-state index is 0.0375. The van der Waals surface area contributed by atoms with Crippen molar-refractivity contribution in [3.05, 3.63) is 52.1 Å². The SMILES string of the molecule is Cc1nn(CCC(=O)N2CCN(c3ccccc3)CC2)c(=O)c2noc(C)c12. The predicted molar refractivity (Wildman–Crippen MR) is 105 cm³/mol. The number of hydrogen-bond acceptors (Lipinski definition) is 6. The summed E-state index contributed by atoms with van der Waals surface area (Å²) in [6.07, 6.45) is 0.236. The lowest BCUT2D eigenvalue weighted by atomic mass is 10.2. The topological polar surface area (TPSA) is 84.5 Å². The van der Waals surface area contributed by atoms with Crippen LogP contribution in [0, 0.1) is 13.8 Å². The molecule has 1 aromatic carbocycles. The number of fused-ring (bicyclic) bond motifs is 1. The molecule has 1 aliphatic rings. The molecule has 0 N–H and O–H groups in total. The number of hydrogen-bond donors (Lipinski definition) is 0. The fourth-order valence-electron chi connectivity index (χ4n) is 3.71. The second-order valence-electron chi connectivity index (χ2n) is 7.03. The minimum atomic E-state index is -0.320. The highest BCUT2D eigenvalue weighted by atomic mass is 16.5. The molecule has 28 heavy (non-hydrogen) atoms. The normalized spacial score (nSPS) is 14.6. The molecule has 146 valence electrons. The number of aryl methyl sites for hydroxylation is 3. The Morgan fingerprint density at radius 3 is 2.54 bits per heavy atom. The maximum absolute atomic E-state index is 12.6. The summed E-state index contributed by atoms with van der Waals surface area (Å²) in [6, 6.07) is 10.2. The molecular formula is C20H23N5O3. The molecule has 1 amide bonds. The van der Waals surface area contributed by atoms with Gasteiger partial charge in [-0.3, -0.25) is 9.59 Å². The van der Waals surface area contributed by atoms with Crippen molar-refractivity contribution in [1.82, 2.24) is 19.8 Å². The van der Waals surface area contributed by atoms with Gasteiger partial charge in [0.15, 0.2) is 5.52 Å². The summed E-state index contributed by atoms with van der Waals surface area (Å²) in [5.74, 6) is 0.618. The van der Waals surface area contributed by atoms with Crippen LogP contribution in [0.4, 0.5) is 5.69 Å². The first-order valence-electron chi connectivity index (χ1n) is 9.46. The number of carbonyl (C=O) groups excluding carboxylic acids is 1. The molecule has 3 aromatic rings. The molecule has 8 heteroatoms. The van der Waals surface area contributed by atoms with Gasteiger partial charge in [0.2, 0.25) is 5.91 Å². The average molecular weight is 381 g/mol. The molecule has 1 fully saturated rings. The van der Waals surface area contributed by atoms with Gasteiger partial charge in [0.1, 0.15) is 5.76 Å². The number of amides is 1. The van der Waals surface area contributed by atoms with E-state index >= 15 is 0 Å². The van der Waals surface area contributed by atoms with Crippen LogP contribution in [-0.4, -0.2) is 51.9 Å². The highest BCUT2D eigenvalue weighted by molar-refractivity contribution is 5.81. The fourth-order valence-corrected chi connectivity index (χ4v) is 3.71. The third-order valence-corrected chi connectivity index (χ3v) is 5.22. The Hall–Kier alpha value is -3.16. The molecule has 0 atom stereocenters. The summed E-state index contributed by atoms with van der Waals surface area (Å²) in [5.41, 5.74) is 1.81. The van der Waals surface area contributed by atoms with Gasteiger partial charge in [0.05, 0.1) is 17.6 Å². The van der Waals surface area contributed by atoms with Gasteiger partial charge in [-0.1, -0.05) is 23.4 Å². The molecule has 0 unspecified atom stereocenters. The number of aromatic nitrogens is 3. The van der Waals surface area contributed by atoms with Crippen molar-refractivity contribution >= 4 is 22.5 Å². The molecule has 1 saturated heterocycles. The van der Waals surface area contributed by atoms with Gasteiger partial charge in [0, 0.05) is 38.3 Å². The summed E-state index contributed by atoms with van der Waals surface area (Å²) < 4.78 is 6.43. The number of para-hydroxylation sites is 1. The number of anilines is 1. The van der Waals surface area contributed by atoms with Crippen LogP contribution in [0.1, 0.15) is 17.9 Å². The quantitative estimate of drug-likeness (QED) is 0.684. The third-order valence-electron chi connectivity index (χ3n) is 5.22. The molecule has 0 bridgehead atoms. The Morgan fingerprint density at radius 2 is 1.82 bits per heavy atom. The lowest BCUT2D eigenvalue weighted by Crippen LogP contribution is -2.49. The molecule has 0 radical (unpaired) electrons. The van der Waals surface area contributed by atoms with Gasteiger partial charge < -0.3 is 14.3 Å². The number of nitrogens with zero attached hydrogens (tertiary/aromatic N) is 5. The molecule has 0 spiro atoms. The van der Waals surface area contributed by atoms with Crippen molar-refractivity contribution in [2.24, 2.45) is 0 Å². The van der Waals surface area contributed by atoms with Crippen molar-refractivity contribution in [2.75, 3.05) is 31.1 Å². The van der Waals surface area contributed by atoms with Gasteiger partial charge in [-0.2, -0.15) is 5.10 Å². The molecule has 8 nitrogen and oxygen atoms in total. The zero-order chi connectivity index (χ0) is 19.7. The van der Waals surface area contributed by atoms with E-state index in [0.717, 1.165) is 13.1 Å². The zero-order valence-electron chi connectivity index (χ0n) is 16.1. The van der Waals surface area contributed by atoms with Crippen LogP contribution in [-0.2, 0) is 11.3 Å². The summed E-state index contributed by atoms with van der Waals surface area (Å²) >= 11 is 0. The van der Waals surface area contributed by atoms with E-state index in [1.807, 2.05) is 30.0 Å². The first-order valence-corrected chi connectivity index (χ1v) is 9.46. The maximum Gasteiger partial charge on any atom is 0.296 e. The van der Waals surface area contributed by atoms with Crippen molar-refractivity contribution in [3.8, 4) is 0 Å². The summed E-state index contributed by atoms with van der Waals surface area (Å²) in [4.78, 5) is 29.3. The van der Waals surface area contributed by atoms with Crippen molar-refractivity contribution in [2.45, 2.75) is 26.8 Å². The van der Waals surface area contributed by atoms with E-state index in [1.165, 1.54) is 10.4 Å². The first-order chi connectivity index (χ1) is 13.5. The highest BCUT2D eigenvalue weighted by Gasteiger charge is 2.22. The summed E-state index contributed by atoms with van der Waals surface area (Å²) in [7, 11) is 0. The number of piperazine rings is 1. The van der Waals surface area contributed by atoms with Crippen LogP contribution < -0.4 is 10.5 Å². The fraction of sp³-hybridized carbons (Fsp3) is 0.400. The molecule has 0 saturated carbocycles. The summed E-state index contributed by atoms with van der Waals surface area (Å²) in [5, 5.41) is 8.83. The largest absolute Gasteiger partial charge is 0.368 e. The second-order valence-corrected chi connectivity index (χ2v) is 7.03. The summed E-state index contributed by atoms with van der Waals surface area (Å²) in [6.45, 7) is 6.76. The van der Waals surface area contributed by atoms with Gasteiger partial charge in [-0.25, -0.2) is 4.68 Å². The van der Waals surface area contributed by atoms with E-state index in [-0.39, 0.29) is 29.9 Å². The van der Waals surface area contributed by atoms with Crippen LogP contribution in [0.15, 0.2) is 39.6 Å². The Balaban J connectivity index is 1.38. The lowest BCUT2D eigenvalue weighted by molar-refractivity contribution is -0.131. The molecular weight excluding hydrogens is 358 g/mol. The van der Waals surface area contributed by atoms with E-state index in [9.17, 15) is 9.59 Å². The lowest BCUT2D eigenvalue weighted by Gasteiger charge is -2.36. The molecule has 1 aliphatic heterocycles. The van der Waals surface area contributed by atoms with E-state index in [4.69, 9.17) is 4.52 Å². The maximum atomic E-state index is 12.6. The number of carbonyl (C=O) groups is 1. The van der Waals surface area contributed by atoms with E-state index < -0.39 is 0 Å². The third kappa shape index (κ3) is 3.37. The highest BCUT2D eigenvalue weighted by Crippen LogP contribution is 2.17. The van der Waals surface area contributed by atoms with E-state index in [1.54, 1.807) is 6.92 Å². The molecule has 3 heterocycles. The predicted octanol–water partition coefficient (Wildman–Crippen LogP) is 1.74. The van der Waals surface area contributed by atoms with E-state index in [2.05, 4.69) is 27.3 Å². The Kier molecular flexibility index (Phi) is 4.85. The molecule has 4 rings (SSSR count). The smallest absolute Gasteiger partial charge is 0.296 e. The van der Waals surface area contributed by atoms with Crippen LogP contribution in [0.5, 0.6) is 0 Å². The first kappa shape index (κ1) is 18.2. The van der Waals surface area contributed by atoms with Gasteiger partial charge in [-0.05, 0) is 26.0 Å².